The van der Waals surface area contributed by atoms with Crippen LogP contribution in [-0.4, -0.2) is 25.9 Å². The van der Waals surface area contributed by atoms with Crippen molar-refractivity contribution in [1.29, 1.82) is 0 Å². The Bertz CT molecular complexity index is 1290. The summed E-state index contributed by atoms with van der Waals surface area (Å²) in [5, 5.41) is 13.1. The standard InChI is InChI=1S/C25H23ClN4O3/c1-16-4-6-19(7-5-16)14-30-18(3)22(17(2)29-30)12-13-24(31)32-15-23-27-28-25(33-23)20-8-10-21(26)11-9-20/h4-13H,14-15H2,1-3H3/b13-12+. The second-order valence-corrected chi connectivity index (χ2v) is 8.11. The summed E-state index contributed by atoms with van der Waals surface area (Å²) in [7, 11) is 0. The Labute approximate surface area is 196 Å². The van der Waals surface area contributed by atoms with E-state index < -0.39 is 5.97 Å². The van der Waals surface area contributed by atoms with Crippen LogP contribution in [0, 0.1) is 20.8 Å². The lowest BCUT2D eigenvalue weighted by Gasteiger charge is -2.05. The molecule has 0 unspecified atom stereocenters. The van der Waals surface area contributed by atoms with Crippen LogP contribution in [0.1, 0.15) is 34.0 Å². The van der Waals surface area contributed by atoms with Crippen LogP contribution in [0.5, 0.6) is 0 Å². The highest BCUT2D eigenvalue weighted by Crippen LogP contribution is 2.21. The fourth-order valence-electron chi connectivity index (χ4n) is 3.33. The maximum Gasteiger partial charge on any atom is 0.331 e. The van der Waals surface area contributed by atoms with Gasteiger partial charge >= 0.3 is 5.97 Å². The predicted octanol–water partition coefficient (Wildman–Crippen LogP) is 5.32. The van der Waals surface area contributed by atoms with Crippen LogP contribution in [0.4, 0.5) is 0 Å². The molecule has 4 rings (SSSR count). The van der Waals surface area contributed by atoms with Crippen molar-refractivity contribution in [2.75, 3.05) is 0 Å². The maximum absolute atomic E-state index is 12.2. The normalized spacial score (nSPS) is 11.3. The molecule has 2 aromatic heterocycles. The Hall–Kier alpha value is -3.71. The van der Waals surface area contributed by atoms with Crippen LogP contribution in [0.25, 0.3) is 17.5 Å². The van der Waals surface area contributed by atoms with E-state index in [1.165, 1.54) is 17.2 Å². The highest BCUT2D eigenvalue weighted by atomic mass is 35.5. The number of aromatic nitrogens is 4. The molecule has 0 saturated heterocycles. The van der Waals surface area contributed by atoms with Crippen LogP contribution >= 0.6 is 11.6 Å². The van der Waals surface area contributed by atoms with Crippen LogP contribution in [0.3, 0.4) is 0 Å². The molecular weight excluding hydrogens is 440 g/mol. The van der Waals surface area contributed by atoms with E-state index in [2.05, 4.69) is 46.5 Å². The number of hydrogen-bond donors (Lipinski definition) is 0. The number of rotatable bonds is 7. The van der Waals surface area contributed by atoms with E-state index in [1.807, 2.05) is 18.5 Å². The fraction of sp³-hybridized carbons (Fsp3) is 0.200. The molecule has 2 heterocycles. The average Bonchev–Trinajstić information content (AvgIpc) is 3.38. The summed E-state index contributed by atoms with van der Waals surface area (Å²) in [5.41, 5.74) is 5.82. The molecule has 0 aliphatic carbocycles. The number of ether oxygens (including phenoxy) is 1. The zero-order chi connectivity index (χ0) is 23.4. The summed E-state index contributed by atoms with van der Waals surface area (Å²) >= 11 is 5.89. The van der Waals surface area contributed by atoms with Crippen molar-refractivity contribution in [3.8, 4) is 11.5 Å². The minimum absolute atomic E-state index is 0.117. The summed E-state index contributed by atoms with van der Waals surface area (Å²) < 4.78 is 12.7. The molecule has 4 aromatic rings. The van der Waals surface area contributed by atoms with Gasteiger partial charge in [0.1, 0.15) is 0 Å². The number of halogens is 1. The van der Waals surface area contributed by atoms with Crippen LogP contribution in [-0.2, 0) is 22.7 Å². The second kappa shape index (κ2) is 9.83. The van der Waals surface area contributed by atoms with Gasteiger partial charge in [-0.3, -0.25) is 4.68 Å². The maximum atomic E-state index is 12.2. The highest BCUT2D eigenvalue weighted by molar-refractivity contribution is 6.30. The van der Waals surface area contributed by atoms with Crippen molar-refractivity contribution in [3.63, 3.8) is 0 Å². The zero-order valence-corrected chi connectivity index (χ0v) is 19.3. The van der Waals surface area contributed by atoms with Crippen molar-refractivity contribution in [2.24, 2.45) is 0 Å². The number of esters is 1. The molecule has 8 heteroatoms. The molecular formula is C25H23ClN4O3. The summed E-state index contributed by atoms with van der Waals surface area (Å²) in [4.78, 5) is 12.2. The van der Waals surface area contributed by atoms with E-state index in [4.69, 9.17) is 20.8 Å². The molecule has 0 amide bonds. The first kappa shape index (κ1) is 22.5. The van der Waals surface area contributed by atoms with Gasteiger partial charge in [-0.15, -0.1) is 10.2 Å². The fourth-order valence-corrected chi connectivity index (χ4v) is 3.45. The third kappa shape index (κ3) is 5.56. The van der Waals surface area contributed by atoms with Gasteiger partial charge in [0.2, 0.25) is 5.89 Å². The first-order valence-corrected chi connectivity index (χ1v) is 10.8. The lowest BCUT2D eigenvalue weighted by molar-refractivity contribution is -0.139. The van der Waals surface area contributed by atoms with Gasteiger partial charge in [0, 0.05) is 27.9 Å². The van der Waals surface area contributed by atoms with Gasteiger partial charge in [-0.05, 0) is 56.7 Å². The first-order valence-electron chi connectivity index (χ1n) is 10.4. The van der Waals surface area contributed by atoms with E-state index in [9.17, 15) is 4.79 Å². The van der Waals surface area contributed by atoms with Gasteiger partial charge in [-0.1, -0.05) is 41.4 Å². The minimum Gasteiger partial charge on any atom is -0.452 e. The van der Waals surface area contributed by atoms with Crippen molar-refractivity contribution in [2.45, 2.75) is 33.9 Å². The van der Waals surface area contributed by atoms with Crippen molar-refractivity contribution >= 4 is 23.6 Å². The number of aryl methyl sites for hydroxylation is 2. The van der Waals surface area contributed by atoms with E-state index >= 15 is 0 Å². The lowest BCUT2D eigenvalue weighted by Crippen LogP contribution is -2.04. The van der Waals surface area contributed by atoms with Gasteiger partial charge in [0.05, 0.1) is 12.2 Å². The van der Waals surface area contributed by atoms with Gasteiger partial charge in [-0.2, -0.15) is 5.10 Å². The molecule has 0 atom stereocenters. The van der Waals surface area contributed by atoms with E-state index in [0.29, 0.717) is 17.5 Å². The van der Waals surface area contributed by atoms with Crippen LogP contribution < -0.4 is 0 Å². The molecule has 33 heavy (non-hydrogen) atoms. The van der Waals surface area contributed by atoms with Gasteiger partial charge in [0.25, 0.3) is 5.89 Å². The van der Waals surface area contributed by atoms with Gasteiger partial charge < -0.3 is 9.15 Å². The van der Waals surface area contributed by atoms with Gasteiger partial charge in [-0.25, -0.2) is 4.79 Å². The molecule has 0 spiro atoms. The molecule has 0 bridgehead atoms. The summed E-state index contributed by atoms with van der Waals surface area (Å²) in [6, 6.07) is 15.4. The largest absolute Gasteiger partial charge is 0.452 e. The number of hydrogen-bond acceptors (Lipinski definition) is 6. The van der Waals surface area contributed by atoms with E-state index in [-0.39, 0.29) is 12.5 Å². The topological polar surface area (TPSA) is 83.0 Å². The van der Waals surface area contributed by atoms with E-state index in [0.717, 1.165) is 22.5 Å². The second-order valence-electron chi connectivity index (χ2n) is 7.68. The van der Waals surface area contributed by atoms with E-state index in [1.54, 1.807) is 30.3 Å². The third-order valence-electron chi connectivity index (χ3n) is 5.17. The first-order chi connectivity index (χ1) is 15.9. The number of carbonyl (C=O) groups excluding carboxylic acids is 1. The SMILES string of the molecule is Cc1ccc(Cn2nc(C)c(/C=C/C(=O)OCc3nnc(-c4ccc(Cl)cc4)o3)c2C)cc1. The molecule has 7 nitrogen and oxygen atoms in total. The minimum atomic E-state index is -0.508. The molecule has 0 fully saturated rings. The lowest BCUT2D eigenvalue weighted by atomic mass is 10.1. The third-order valence-corrected chi connectivity index (χ3v) is 5.42. The summed E-state index contributed by atoms with van der Waals surface area (Å²) in [6.07, 6.45) is 3.10. The molecule has 0 aliphatic rings. The number of carbonyl (C=O) groups is 1. The van der Waals surface area contributed by atoms with Crippen molar-refractivity contribution in [1.82, 2.24) is 20.0 Å². The Morgan fingerprint density at radius 3 is 2.52 bits per heavy atom. The Balaban J connectivity index is 1.36. The monoisotopic (exact) mass is 462 g/mol. The Morgan fingerprint density at radius 1 is 1.06 bits per heavy atom. The summed E-state index contributed by atoms with van der Waals surface area (Å²) in [5.74, 6) is 0.0341. The number of benzene rings is 2. The quantitative estimate of drug-likeness (QED) is 0.273. The average molecular weight is 463 g/mol. The Kier molecular flexibility index (Phi) is 6.70. The van der Waals surface area contributed by atoms with Gasteiger partial charge in [0.15, 0.2) is 6.61 Å². The molecule has 0 radical (unpaired) electrons. The Morgan fingerprint density at radius 2 is 1.79 bits per heavy atom. The van der Waals surface area contributed by atoms with Crippen molar-refractivity contribution in [3.05, 3.63) is 93.6 Å². The highest BCUT2D eigenvalue weighted by Gasteiger charge is 2.12. The zero-order valence-electron chi connectivity index (χ0n) is 18.6. The molecule has 168 valence electrons. The summed E-state index contributed by atoms with van der Waals surface area (Å²) in [6.45, 7) is 6.51. The molecule has 0 N–H and O–H groups in total. The van der Waals surface area contributed by atoms with Crippen LogP contribution in [0.15, 0.2) is 59.0 Å². The number of nitrogens with zero attached hydrogens (tertiary/aromatic N) is 4. The predicted molar refractivity (Wildman–Crippen MR) is 126 cm³/mol. The van der Waals surface area contributed by atoms with Crippen molar-refractivity contribution < 1.29 is 13.9 Å². The molecule has 2 aromatic carbocycles. The smallest absolute Gasteiger partial charge is 0.331 e. The molecule has 0 aliphatic heterocycles. The van der Waals surface area contributed by atoms with Crippen LogP contribution in [0.2, 0.25) is 5.02 Å². The molecule has 0 saturated carbocycles.